The molecule has 3 nitrogen and oxygen atoms in total. The zero-order valence-electron chi connectivity index (χ0n) is 8.38. The Hall–Kier alpha value is -1.51. The Kier molecular flexibility index (Phi) is 3.98. The highest BCUT2D eigenvalue weighted by Crippen LogP contribution is 2.10. The molecule has 0 aromatic carbocycles. The van der Waals surface area contributed by atoms with Gasteiger partial charge in [-0.3, -0.25) is 4.79 Å². The van der Waals surface area contributed by atoms with E-state index >= 15 is 0 Å². The molecule has 0 spiro atoms. The molecular weight excluding hydrogens is 178 g/mol. The highest BCUT2D eigenvalue weighted by Gasteiger charge is 2.11. The molecule has 1 N–H and O–H groups in total. The summed E-state index contributed by atoms with van der Waals surface area (Å²) in [7, 11) is 0. The van der Waals surface area contributed by atoms with Crippen LogP contribution in [0.25, 0.3) is 0 Å². The lowest BCUT2D eigenvalue weighted by molar-refractivity contribution is 0.0952. The quantitative estimate of drug-likeness (QED) is 0.575. The number of aryl methyl sites for hydroxylation is 1. The first kappa shape index (κ1) is 10.6. The summed E-state index contributed by atoms with van der Waals surface area (Å²) in [6, 6.07) is 1.70. The molecule has 0 aliphatic rings. The van der Waals surface area contributed by atoms with Crippen molar-refractivity contribution in [2.45, 2.75) is 19.8 Å². The molecule has 0 fully saturated rings. The smallest absolute Gasteiger partial charge is 0.254 e. The minimum Gasteiger partial charge on any atom is -0.469 e. The van der Waals surface area contributed by atoms with E-state index in [0.717, 1.165) is 18.6 Å². The second kappa shape index (κ2) is 5.27. The lowest BCUT2D eigenvalue weighted by Crippen LogP contribution is -2.24. The van der Waals surface area contributed by atoms with Crippen molar-refractivity contribution in [3.8, 4) is 0 Å². The zero-order valence-corrected chi connectivity index (χ0v) is 8.38. The molecule has 1 amide bonds. The van der Waals surface area contributed by atoms with Crippen molar-refractivity contribution in [2.24, 2.45) is 0 Å². The highest BCUT2D eigenvalue weighted by molar-refractivity contribution is 5.95. The van der Waals surface area contributed by atoms with E-state index in [1.807, 2.05) is 6.92 Å². The number of nitrogens with one attached hydrogen (secondary N) is 1. The van der Waals surface area contributed by atoms with Gasteiger partial charge in [-0.05, 0) is 12.5 Å². The number of rotatable bonds is 5. The van der Waals surface area contributed by atoms with Crippen LogP contribution in [0.3, 0.4) is 0 Å². The van der Waals surface area contributed by atoms with Crippen LogP contribution in [0.4, 0.5) is 0 Å². The minimum atomic E-state index is -0.0718. The molecule has 76 valence electrons. The van der Waals surface area contributed by atoms with Crippen LogP contribution >= 0.6 is 0 Å². The van der Waals surface area contributed by atoms with E-state index in [1.165, 1.54) is 0 Å². The maximum absolute atomic E-state index is 11.6. The molecule has 1 heterocycles. The van der Waals surface area contributed by atoms with Gasteiger partial charge in [0.2, 0.25) is 0 Å². The predicted octanol–water partition coefficient (Wildman–Crippen LogP) is 2.15. The number of hydrogen-bond donors (Lipinski definition) is 1. The second-order valence-electron chi connectivity index (χ2n) is 2.94. The van der Waals surface area contributed by atoms with E-state index < -0.39 is 0 Å². The van der Waals surface area contributed by atoms with Gasteiger partial charge in [0, 0.05) is 13.0 Å². The van der Waals surface area contributed by atoms with Crippen molar-refractivity contribution in [2.75, 3.05) is 6.54 Å². The fourth-order valence-electron chi connectivity index (χ4n) is 1.20. The molecule has 0 saturated heterocycles. The van der Waals surface area contributed by atoms with Gasteiger partial charge in [-0.1, -0.05) is 13.0 Å². The van der Waals surface area contributed by atoms with E-state index in [0.29, 0.717) is 12.1 Å². The van der Waals surface area contributed by atoms with Gasteiger partial charge in [0.15, 0.2) is 0 Å². The van der Waals surface area contributed by atoms with E-state index in [1.54, 1.807) is 18.4 Å². The van der Waals surface area contributed by atoms with Crippen molar-refractivity contribution < 1.29 is 9.21 Å². The molecule has 1 aromatic rings. The van der Waals surface area contributed by atoms with Crippen molar-refractivity contribution in [3.63, 3.8) is 0 Å². The lowest BCUT2D eigenvalue weighted by atomic mass is 10.2. The Labute approximate surface area is 83.8 Å². The van der Waals surface area contributed by atoms with E-state index in [9.17, 15) is 4.79 Å². The van der Waals surface area contributed by atoms with E-state index in [-0.39, 0.29) is 5.91 Å². The van der Waals surface area contributed by atoms with E-state index in [4.69, 9.17) is 4.42 Å². The standard InChI is InChI=1S/C11H15NO2/c1-3-5-7-12-11(13)9-6-8-14-10(9)4-2/h3,6,8H,1,4-5,7H2,2H3,(H,12,13). The number of furan rings is 1. The number of hydrogen-bond acceptors (Lipinski definition) is 2. The maximum atomic E-state index is 11.6. The summed E-state index contributed by atoms with van der Waals surface area (Å²) >= 11 is 0. The third kappa shape index (κ3) is 2.49. The number of carbonyl (C=O) groups excluding carboxylic acids is 1. The highest BCUT2D eigenvalue weighted by atomic mass is 16.3. The largest absolute Gasteiger partial charge is 0.469 e. The van der Waals surface area contributed by atoms with Crippen LogP contribution in [-0.2, 0) is 6.42 Å². The van der Waals surface area contributed by atoms with Crippen LogP contribution in [-0.4, -0.2) is 12.5 Å². The van der Waals surface area contributed by atoms with Crippen molar-refractivity contribution in [1.82, 2.24) is 5.32 Å². The molecule has 0 radical (unpaired) electrons. The summed E-state index contributed by atoms with van der Waals surface area (Å²) in [5.41, 5.74) is 0.636. The normalized spacial score (nSPS) is 9.79. The third-order valence-electron chi connectivity index (χ3n) is 1.95. The molecule has 0 bridgehead atoms. The van der Waals surface area contributed by atoms with E-state index in [2.05, 4.69) is 11.9 Å². The van der Waals surface area contributed by atoms with Crippen molar-refractivity contribution in [3.05, 3.63) is 36.3 Å². The Balaban J connectivity index is 2.55. The lowest BCUT2D eigenvalue weighted by Gasteiger charge is -2.02. The van der Waals surface area contributed by atoms with Gasteiger partial charge in [-0.2, -0.15) is 0 Å². The minimum absolute atomic E-state index is 0.0718. The van der Waals surface area contributed by atoms with Crippen LogP contribution in [0.15, 0.2) is 29.4 Å². The summed E-state index contributed by atoms with van der Waals surface area (Å²) in [4.78, 5) is 11.6. The third-order valence-corrected chi connectivity index (χ3v) is 1.95. The fraction of sp³-hybridized carbons (Fsp3) is 0.364. The Morgan fingerprint density at radius 2 is 2.50 bits per heavy atom. The monoisotopic (exact) mass is 193 g/mol. The summed E-state index contributed by atoms with van der Waals surface area (Å²) in [5, 5.41) is 2.79. The van der Waals surface area contributed by atoms with Gasteiger partial charge < -0.3 is 9.73 Å². The van der Waals surface area contributed by atoms with Crippen LogP contribution in [0, 0.1) is 0 Å². The zero-order chi connectivity index (χ0) is 10.4. The summed E-state index contributed by atoms with van der Waals surface area (Å²) in [6.45, 7) is 6.16. The molecule has 0 atom stereocenters. The molecule has 14 heavy (non-hydrogen) atoms. The van der Waals surface area contributed by atoms with Crippen LogP contribution in [0.1, 0.15) is 29.5 Å². The van der Waals surface area contributed by atoms with Gasteiger partial charge in [0.25, 0.3) is 5.91 Å². The van der Waals surface area contributed by atoms with Crippen molar-refractivity contribution >= 4 is 5.91 Å². The van der Waals surface area contributed by atoms with Crippen LogP contribution in [0.2, 0.25) is 0 Å². The average Bonchev–Trinajstić information content (AvgIpc) is 2.65. The number of carbonyl (C=O) groups is 1. The Morgan fingerprint density at radius 1 is 1.71 bits per heavy atom. The maximum Gasteiger partial charge on any atom is 0.254 e. The second-order valence-corrected chi connectivity index (χ2v) is 2.94. The topological polar surface area (TPSA) is 42.2 Å². The average molecular weight is 193 g/mol. The Bertz CT molecular complexity index is 315. The van der Waals surface area contributed by atoms with Crippen molar-refractivity contribution in [1.29, 1.82) is 0 Å². The number of amides is 1. The SMILES string of the molecule is C=CCCNC(=O)c1ccoc1CC. The molecule has 0 aliphatic heterocycles. The first-order valence-corrected chi connectivity index (χ1v) is 4.75. The summed E-state index contributed by atoms with van der Waals surface area (Å²) in [5.74, 6) is 0.665. The molecule has 3 heteroatoms. The molecule has 0 saturated carbocycles. The summed E-state index contributed by atoms with van der Waals surface area (Å²) in [6.07, 6.45) is 4.83. The van der Waals surface area contributed by atoms with Gasteiger partial charge in [0.05, 0.1) is 11.8 Å². The predicted molar refractivity (Wildman–Crippen MR) is 55.2 cm³/mol. The Morgan fingerprint density at radius 3 is 3.14 bits per heavy atom. The molecular formula is C11H15NO2. The molecule has 0 unspecified atom stereocenters. The first-order valence-electron chi connectivity index (χ1n) is 4.75. The van der Waals surface area contributed by atoms with Crippen LogP contribution < -0.4 is 5.32 Å². The molecule has 1 aromatic heterocycles. The molecule has 1 rings (SSSR count). The van der Waals surface area contributed by atoms with Gasteiger partial charge in [-0.15, -0.1) is 6.58 Å². The first-order chi connectivity index (χ1) is 6.79. The summed E-state index contributed by atoms with van der Waals surface area (Å²) < 4.78 is 5.16. The fourth-order valence-corrected chi connectivity index (χ4v) is 1.20. The van der Waals surface area contributed by atoms with Gasteiger partial charge in [0.1, 0.15) is 5.76 Å². The van der Waals surface area contributed by atoms with Crippen LogP contribution in [0.5, 0.6) is 0 Å². The van der Waals surface area contributed by atoms with Gasteiger partial charge >= 0.3 is 0 Å². The van der Waals surface area contributed by atoms with Gasteiger partial charge in [-0.25, -0.2) is 0 Å². The molecule has 0 aliphatic carbocycles.